The zero-order valence-corrected chi connectivity index (χ0v) is 20.0. The number of ether oxygens (including phenoxy) is 4. The van der Waals surface area contributed by atoms with Crippen LogP contribution in [-0.2, 0) is 30.2 Å². The summed E-state index contributed by atoms with van der Waals surface area (Å²) in [4.78, 5) is 30.0. The van der Waals surface area contributed by atoms with E-state index in [4.69, 9.17) is 18.9 Å². The molecule has 1 amide bonds. The van der Waals surface area contributed by atoms with Crippen LogP contribution in [0.5, 0.6) is 0 Å². The number of methoxy groups -OCH3 is 3. The molecule has 0 aliphatic rings. The SMILES string of the molecule is COC(=O)C(CCCN(CCc1c[nH]c2ccccc12)C(=O)OC(C)(C)C)C(OC)OC. The maximum atomic E-state index is 12.8. The minimum Gasteiger partial charge on any atom is -0.469 e. The molecule has 0 radical (unpaired) electrons. The van der Waals surface area contributed by atoms with Crippen molar-refractivity contribution in [2.24, 2.45) is 5.92 Å². The Morgan fingerprint density at radius 1 is 1.06 bits per heavy atom. The highest BCUT2D eigenvalue weighted by Crippen LogP contribution is 2.21. The Bertz CT molecular complexity index is 869. The predicted molar refractivity (Wildman–Crippen MR) is 122 cm³/mol. The third-order valence-corrected chi connectivity index (χ3v) is 5.22. The molecular weight excluding hydrogens is 412 g/mol. The summed E-state index contributed by atoms with van der Waals surface area (Å²) in [6, 6.07) is 8.08. The average molecular weight is 449 g/mol. The van der Waals surface area contributed by atoms with E-state index in [9.17, 15) is 9.59 Å². The first kappa shape index (κ1) is 25.7. The first-order chi connectivity index (χ1) is 15.2. The number of carbonyl (C=O) groups excluding carboxylic acids is 2. The Balaban J connectivity index is 2.07. The van der Waals surface area contributed by atoms with Crippen molar-refractivity contribution in [1.82, 2.24) is 9.88 Å². The molecule has 0 spiro atoms. The van der Waals surface area contributed by atoms with Gasteiger partial charge in [0.2, 0.25) is 0 Å². The van der Waals surface area contributed by atoms with Crippen LogP contribution in [0.4, 0.5) is 4.79 Å². The molecule has 2 rings (SSSR count). The summed E-state index contributed by atoms with van der Waals surface area (Å²) < 4.78 is 21.0. The van der Waals surface area contributed by atoms with Crippen LogP contribution in [-0.4, -0.2) is 68.3 Å². The van der Waals surface area contributed by atoms with Gasteiger partial charge in [-0.15, -0.1) is 0 Å². The third kappa shape index (κ3) is 7.24. The first-order valence-corrected chi connectivity index (χ1v) is 10.9. The number of esters is 1. The van der Waals surface area contributed by atoms with Gasteiger partial charge in [-0.05, 0) is 51.7 Å². The number of amides is 1. The minimum atomic E-state index is -0.705. The van der Waals surface area contributed by atoms with Crippen molar-refractivity contribution >= 4 is 23.0 Å². The van der Waals surface area contributed by atoms with Gasteiger partial charge in [0.15, 0.2) is 6.29 Å². The fraction of sp³-hybridized carbons (Fsp3) is 0.583. The highest BCUT2D eigenvalue weighted by molar-refractivity contribution is 5.83. The van der Waals surface area contributed by atoms with E-state index in [1.54, 1.807) is 4.90 Å². The van der Waals surface area contributed by atoms with Crippen molar-refractivity contribution in [2.75, 3.05) is 34.4 Å². The number of carbonyl (C=O) groups is 2. The highest BCUT2D eigenvalue weighted by atomic mass is 16.7. The summed E-state index contributed by atoms with van der Waals surface area (Å²) in [6.45, 7) is 6.47. The molecule has 0 fully saturated rings. The Kier molecular flexibility index (Phi) is 9.53. The molecule has 0 saturated heterocycles. The molecular formula is C24H36N2O6. The van der Waals surface area contributed by atoms with Crippen LogP contribution in [0.15, 0.2) is 30.5 Å². The molecule has 178 valence electrons. The lowest BCUT2D eigenvalue weighted by atomic mass is 10.0. The normalized spacial score (nSPS) is 12.7. The molecule has 8 nitrogen and oxygen atoms in total. The van der Waals surface area contributed by atoms with Gasteiger partial charge >= 0.3 is 12.1 Å². The topological polar surface area (TPSA) is 90.1 Å². The summed E-state index contributed by atoms with van der Waals surface area (Å²) >= 11 is 0. The summed E-state index contributed by atoms with van der Waals surface area (Å²) in [7, 11) is 4.31. The van der Waals surface area contributed by atoms with Crippen LogP contribution in [0.1, 0.15) is 39.2 Å². The lowest BCUT2D eigenvalue weighted by Gasteiger charge is -2.28. The molecule has 0 saturated carbocycles. The number of aromatic nitrogens is 1. The van der Waals surface area contributed by atoms with Crippen molar-refractivity contribution in [1.29, 1.82) is 0 Å². The summed E-state index contributed by atoms with van der Waals surface area (Å²) in [5.74, 6) is -0.981. The number of hydrogen-bond acceptors (Lipinski definition) is 6. The van der Waals surface area contributed by atoms with E-state index in [0.717, 1.165) is 16.5 Å². The molecule has 1 atom stereocenters. The second-order valence-corrected chi connectivity index (χ2v) is 8.69. The van der Waals surface area contributed by atoms with Crippen LogP contribution in [0.3, 0.4) is 0 Å². The molecule has 1 unspecified atom stereocenters. The summed E-state index contributed by atoms with van der Waals surface area (Å²) in [5.41, 5.74) is 1.61. The summed E-state index contributed by atoms with van der Waals surface area (Å²) in [5, 5.41) is 1.14. The lowest BCUT2D eigenvalue weighted by Crippen LogP contribution is -2.39. The number of para-hydroxylation sites is 1. The van der Waals surface area contributed by atoms with Crippen LogP contribution in [0.25, 0.3) is 10.9 Å². The quantitative estimate of drug-likeness (QED) is 0.411. The largest absolute Gasteiger partial charge is 0.469 e. The van der Waals surface area contributed by atoms with Crippen molar-refractivity contribution in [3.63, 3.8) is 0 Å². The van der Waals surface area contributed by atoms with Gasteiger partial charge in [-0.2, -0.15) is 0 Å². The second-order valence-electron chi connectivity index (χ2n) is 8.69. The van der Waals surface area contributed by atoms with Crippen molar-refractivity contribution in [3.05, 3.63) is 36.0 Å². The Hall–Kier alpha value is -2.58. The number of H-pyrrole nitrogens is 1. The van der Waals surface area contributed by atoms with Gasteiger partial charge in [0.1, 0.15) is 11.5 Å². The Morgan fingerprint density at radius 3 is 2.38 bits per heavy atom. The molecule has 1 aromatic carbocycles. The van der Waals surface area contributed by atoms with Crippen molar-refractivity contribution in [3.8, 4) is 0 Å². The van der Waals surface area contributed by atoms with Gasteiger partial charge in [-0.3, -0.25) is 4.79 Å². The molecule has 1 heterocycles. The van der Waals surface area contributed by atoms with Gasteiger partial charge in [0, 0.05) is 44.4 Å². The molecule has 1 N–H and O–H groups in total. The van der Waals surface area contributed by atoms with Gasteiger partial charge in [0.25, 0.3) is 0 Å². The van der Waals surface area contributed by atoms with Gasteiger partial charge in [0.05, 0.1) is 7.11 Å². The molecule has 0 bridgehead atoms. The van der Waals surface area contributed by atoms with E-state index in [1.807, 2.05) is 45.2 Å². The number of aromatic amines is 1. The molecule has 0 aliphatic heterocycles. The monoisotopic (exact) mass is 448 g/mol. The van der Waals surface area contributed by atoms with Crippen LogP contribution in [0, 0.1) is 5.92 Å². The first-order valence-electron chi connectivity index (χ1n) is 10.9. The summed E-state index contributed by atoms with van der Waals surface area (Å²) in [6.07, 6.45) is 2.60. The molecule has 2 aromatic rings. The number of rotatable bonds is 11. The van der Waals surface area contributed by atoms with Gasteiger partial charge in [-0.1, -0.05) is 18.2 Å². The van der Waals surface area contributed by atoms with E-state index in [-0.39, 0.29) is 6.09 Å². The second kappa shape index (κ2) is 11.9. The molecule has 8 heteroatoms. The Morgan fingerprint density at radius 2 is 1.75 bits per heavy atom. The molecule has 1 aromatic heterocycles. The van der Waals surface area contributed by atoms with Crippen LogP contribution >= 0.6 is 0 Å². The van der Waals surface area contributed by atoms with Gasteiger partial charge < -0.3 is 28.8 Å². The number of hydrogen-bond donors (Lipinski definition) is 1. The van der Waals surface area contributed by atoms with Gasteiger partial charge in [-0.25, -0.2) is 4.79 Å². The van der Waals surface area contributed by atoms with Crippen LogP contribution < -0.4 is 0 Å². The lowest BCUT2D eigenvalue weighted by molar-refractivity contribution is -0.175. The molecule has 32 heavy (non-hydrogen) atoms. The van der Waals surface area contributed by atoms with E-state index in [2.05, 4.69) is 11.1 Å². The smallest absolute Gasteiger partial charge is 0.410 e. The van der Waals surface area contributed by atoms with E-state index in [1.165, 1.54) is 21.3 Å². The molecule has 0 aliphatic carbocycles. The maximum Gasteiger partial charge on any atom is 0.410 e. The predicted octanol–water partition coefficient (Wildman–Crippen LogP) is 4.14. The minimum absolute atomic E-state index is 0.373. The zero-order valence-electron chi connectivity index (χ0n) is 20.0. The van der Waals surface area contributed by atoms with E-state index in [0.29, 0.717) is 32.4 Å². The zero-order chi connectivity index (χ0) is 23.7. The van der Waals surface area contributed by atoms with Crippen molar-refractivity contribution < 1.29 is 28.5 Å². The average Bonchev–Trinajstić information content (AvgIpc) is 3.16. The third-order valence-electron chi connectivity index (χ3n) is 5.22. The standard InChI is InChI=1S/C24H36N2O6/c1-24(2,3)32-23(28)26(14-9-11-19(21(27)29-4)22(30-5)31-6)15-13-17-16-25-20-12-8-7-10-18(17)20/h7-8,10,12,16,19,22,25H,9,11,13-15H2,1-6H3. The maximum absolute atomic E-state index is 12.8. The van der Waals surface area contributed by atoms with Crippen molar-refractivity contribution in [2.45, 2.75) is 51.9 Å². The van der Waals surface area contributed by atoms with Crippen LogP contribution in [0.2, 0.25) is 0 Å². The highest BCUT2D eigenvalue weighted by Gasteiger charge is 2.30. The number of benzene rings is 1. The fourth-order valence-electron chi connectivity index (χ4n) is 3.66. The van der Waals surface area contributed by atoms with E-state index >= 15 is 0 Å². The Labute approximate surface area is 190 Å². The number of nitrogens with one attached hydrogen (secondary N) is 1. The number of fused-ring (bicyclic) bond motifs is 1. The number of nitrogens with zero attached hydrogens (tertiary/aromatic N) is 1. The van der Waals surface area contributed by atoms with E-state index < -0.39 is 23.8 Å². The fourth-order valence-corrected chi connectivity index (χ4v) is 3.66.